The lowest BCUT2D eigenvalue weighted by molar-refractivity contribution is -0.116. The summed E-state index contributed by atoms with van der Waals surface area (Å²) in [5, 5.41) is 4.17. The van der Waals surface area contributed by atoms with E-state index in [1.165, 1.54) is 27.1 Å². The molecule has 3 aromatic rings. The quantitative estimate of drug-likeness (QED) is 0.341. The third-order valence-corrected chi connectivity index (χ3v) is 11.6. The minimum absolute atomic E-state index is 0. The monoisotopic (exact) mass is 514 g/mol. The van der Waals surface area contributed by atoms with Crippen LogP contribution in [-0.4, -0.2) is 11.9 Å². The van der Waals surface area contributed by atoms with Crippen LogP contribution in [-0.2, 0) is 4.79 Å². The van der Waals surface area contributed by atoms with Gasteiger partial charge in [0.05, 0.1) is 6.16 Å². The Morgan fingerprint density at radius 1 is 0.833 bits per heavy atom. The van der Waals surface area contributed by atoms with E-state index in [2.05, 4.69) is 130 Å². The lowest BCUT2D eigenvalue weighted by Crippen LogP contribution is -3.00. The molecule has 4 rings (SSSR count). The van der Waals surface area contributed by atoms with Crippen LogP contribution in [0.3, 0.4) is 0 Å². The molecule has 3 heteroatoms. The van der Waals surface area contributed by atoms with E-state index >= 15 is 0 Å². The first-order valence-corrected chi connectivity index (χ1v) is 14.5. The minimum atomic E-state index is -1.89. The molecule has 1 aliphatic rings. The number of rotatable bonds is 7. The van der Waals surface area contributed by atoms with E-state index < -0.39 is 7.26 Å². The largest absolute Gasteiger partial charge is 1.00 e. The molecule has 0 radical (unpaired) electrons. The maximum atomic E-state index is 12.4. The van der Waals surface area contributed by atoms with E-state index in [-0.39, 0.29) is 23.6 Å². The van der Waals surface area contributed by atoms with Gasteiger partial charge in [-0.3, -0.25) is 4.79 Å². The van der Waals surface area contributed by atoms with Crippen LogP contribution >= 0.6 is 7.26 Å². The molecule has 0 saturated carbocycles. The maximum Gasteiger partial charge on any atom is 0.158 e. The van der Waals surface area contributed by atoms with Gasteiger partial charge in [-0.25, -0.2) is 0 Å². The van der Waals surface area contributed by atoms with Crippen molar-refractivity contribution in [1.82, 2.24) is 0 Å². The first-order valence-electron chi connectivity index (χ1n) is 12.5. The highest BCUT2D eigenvalue weighted by Gasteiger charge is 2.44. The molecule has 0 aromatic heterocycles. The van der Waals surface area contributed by atoms with Crippen molar-refractivity contribution in [2.75, 3.05) is 6.16 Å². The number of carbonyl (C=O) groups is 1. The summed E-state index contributed by atoms with van der Waals surface area (Å²) in [6.07, 6.45) is 9.30. The summed E-state index contributed by atoms with van der Waals surface area (Å²) >= 11 is 0. The van der Waals surface area contributed by atoms with Gasteiger partial charge in [-0.05, 0) is 79.3 Å². The number of benzene rings is 3. The highest BCUT2D eigenvalue weighted by molar-refractivity contribution is 7.95. The molecule has 0 unspecified atom stereocenters. The second kappa shape index (κ2) is 12.0. The summed E-state index contributed by atoms with van der Waals surface area (Å²) in [6.45, 7) is 8.66. The highest BCUT2D eigenvalue weighted by atomic mass is 35.5. The molecule has 0 aliphatic heterocycles. The van der Waals surface area contributed by atoms with Crippen LogP contribution in [0.5, 0.6) is 0 Å². The Morgan fingerprint density at radius 3 is 1.72 bits per heavy atom. The SMILES string of the molecule is CC1=C(/C=C/C(C)=C/C[P+](c2ccccc2)(c2ccccc2)c2ccccc2)C(C)(C)CCC1=O.[Cl-]. The van der Waals surface area contributed by atoms with E-state index in [9.17, 15) is 4.79 Å². The van der Waals surface area contributed by atoms with Gasteiger partial charge in [-0.2, -0.15) is 0 Å². The van der Waals surface area contributed by atoms with Crippen LogP contribution in [0.25, 0.3) is 0 Å². The summed E-state index contributed by atoms with van der Waals surface area (Å²) in [5.41, 5.74) is 3.36. The standard InChI is InChI=1S/C33H36OP.ClH/c1-26(20-21-31-27(2)32(34)22-24-33(31,3)4)23-25-35(28-14-8-5-9-15-28,29-16-10-6-11-17-29)30-18-12-7-13-19-30;/h5-21,23H,22,24-25H2,1-4H3;1H/q+1;/p-1/b21-20+,26-23+;. The van der Waals surface area contributed by atoms with Crippen molar-refractivity contribution in [2.45, 2.75) is 40.5 Å². The molecule has 0 saturated heterocycles. The predicted molar refractivity (Wildman–Crippen MR) is 154 cm³/mol. The van der Waals surface area contributed by atoms with E-state index in [4.69, 9.17) is 0 Å². The fourth-order valence-electron chi connectivity index (χ4n) is 5.13. The molecule has 0 atom stereocenters. The summed E-state index contributed by atoms with van der Waals surface area (Å²) in [7, 11) is -1.89. The predicted octanol–water partition coefficient (Wildman–Crippen LogP) is 4.19. The number of allylic oxidation sites excluding steroid dienone is 6. The first-order chi connectivity index (χ1) is 16.8. The third kappa shape index (κ3) is 5.80. The summed E-state index contributed by atoms with van der Waals surface area (Å²) in [4.78, 5) is 12.4. The van der Waals surface area contributed by atoms with Gasteiger partial charge in [0, 0.05) is 6.42 Å². The number of Topliss-reactive ketones (excluding diaryl/α,β-unsaturated/α-hetero) is 1. The van der Waals surface area contributed by atoms with Crippen LogP contribution < -0.4 is 28.3 Å². The molecule has 0 fully saturated rings. The maximum absolute atomic E-state index is 12.4. The van der Waals surface area contributed by atoms with Gasteiger partial charge < -0.3 is 12.4 Å². The number of hydrogen-bond acceptors (Lipinski definition) is 1. The van der Waals surface area contributed by atoms with E-state index in [1.807, 2.05) is 6.92 Å². The molecular formula is C33H36ClOP. The van der Waals surface area contributed by atoms with Gasteiger partial charge in [0.15, 0.2) is 5.78 Å². The Bertz CT molecular complexity index is 1160. The molecule has 186 valence electrons. The molecule has 0 N–H and O–H groups in total. The molecule has 0 heterocycles. The lowest BCUT2D eigenvalue weighted by atomic mass is 9.72. The van der Waals surface area contributed by atoms with Crippen molar-refractivity contribution >= 4 is 29.0 Å². The fourth-order valence-corrected chi connectivity index (χ4v) is 9.26. The summed E-state index contributed by atoms with van der Waals surface area (Å²) in [5.74, 6) is 0.285. The Morgan fingerprint density at radius 2 is 1.28 bits per heavy atom. The van der Waals surface area contributed by atoms with Crippen molar-refractivity contribution in [3.05, 3.63) is 126 Å². The van der Waals surface area contributed by atoms with E-state index in [0.29, 0.717) is 6.42 Å². The zero-order valence-electron chi connectivity index (χ0n) is 21.7. The zero-order valence-corrected chi connectivity index (χ0v) is 23.4. The first kappa shape index (κ1) is 27.9. The summed E-state index contributed by atoms with van der Waals surface area (Å²) < 4.78 is 0. The van der Waals surface area contributed by atoms with Gasteiger partial charge in [0.2, 0.25) is 0 Å². The molecular weight excluding hydrogens is 479 g/mol. The average Bonchev–Trinajstić information content (AvgIpc) is 2.89. The van der Waals surface area contributed by atoms with Crippen LogP contribution in [0.4, 0.5) is 0 Å². The van der Waals surface area contributed by atoms with Crippen molar-refractivity contribution < 1.29 is 17.2 Å². The fraction of sp³-hybridized carbons (Fsp3) is 0.242. The Kier molecular flexibility index (Phi) is 9.29. The Labute approximate surface area is 223 Å². The van der Waals surface area contributed by atoms with Gasteiger partial charge in [-0.1, -0.05) is 86.2 Å². The van der Waals surface area contributed by atoms with Crippen molar-refractivity contribution in [3.63, 3.8) is 0 Å². The van der Waals surface area contributed by atoms with Crippen LogP contribution in [0.1, 0.15) is 40.5 Å². The van der Waals surface area contributed by atoms with Gasteiger partial charge in [0.25, 0.3) is 0 Å². The van der Waals surface area contributed by atoms with Gasteiger partial charge in [-0.15, -0.1) is 0 Å². The van der Waals surface area contributed by atoms with Crippen LogP contribution in [0, 0.1) is 5.41 Å². The Hall–Kier alpha value is -2.73. The number of halogens is 1. The van der Waals surface area contributed by atoms with Crippen LogP contribution in [0.15, 0.2) is 126 Å². The molecule has 0 bridgehead atoms. The smallest absolute Gasteiger partial charge is 0.158 e. The van der Waals surface area contributed by atoms with E-state index in [1.54, 1.807) is 0 Å². The molecule has 0 amide bonds. The molecule has 3 aromatic carbocycles. The third-order valence-electron chi connectivity index (χ3n) is 7.32. The normalized spacial score (nSPS) is 16.2. The van der Waals surface area contributed by atoms with Crippen molar-refractivity contribution in [1.29, 1.82) is 0 Å². The number of hydrogen-bond donors (Lipinski definition) is 0. The average molecular weight is 515 g/mol. The Balaban J connectivity index is 0.00000361. The van der Waals surface area contributed by atoms with Crippen molar-refractivity contribution in [2.24, 2.45) is 5.41 Å². The van der Waals surface area contributed by atoms with Gasteiger partial charge in [0.1, 0.15) is 23.2 Å². The molecule has 36 heavy (non-hydrogen) atoms. The zero-order chi connectivity index (χ0) is 24.9. The molecule has 0 spiro atoms. The lowest BCUT2D eigenvalue weighted by Gasteiger charge is -2.32. The van der Waals surface area contributed by atoms with Gasteiger partial charge >= 0.3 is 0 Å². The van der Waals surface area contributed by atoms with E-state index in [0.717, 1.165) is 18.2 Å². The number of carbonyl (C=O) groups excluding carboxylic acids is 1. The highest BCUT2D eigenvalue weighted by Crippen LogP contribution is 2.55. The second-order valence-corrected chi connectivity index (χ2v) is 13.7. The summed E-state index contributed by atoms with van der Waals surface area (Å²) in [6, 6.07) is 33.0. The minimum Gasteiger partial charge on any atom is -1.00 e. The second-order valence-electron chi connectivity index (χ2n) is 10.1. The molecule has 1 aliphatic carbocycles. The van der Waals surface area contributed by atoms with Crippen molar-refractivity contribution in [3.8, 4) is 0 Å². The number of ketones is 1. The van der Waals surface area contributed by atoms with Crippen LogP contribution in [0.2, 0.25) is 0 Å². The molecule has 1 nitrogen and oxygen atoms in total. The topological polar surface area (TPSA) is 17.1 Å².